The minimum atomic E-state index is -0.119. The maximum atomic E-state index is 16.5. The van der Waals surface area contributed by atoms with Crippen molar-refractivity contribution in [1.29, 1.82) is 0 Å². The Balaban J connectivity index is 0.00000244. The molecule has 0 N–H and O–H groups in total. The van der Waals surface area contributed by atoms with Crippen LogP contribution in [0.2, 0.25) is 0 Å². The fraction of sp³-hybridized carbons (Fsp3) is 0.426. The lowest BCUT2D eigenvalue weighted by molar-refractivity contribution is 0.332. The molecular formula is C61H71B2N3O. The van der Waals surface area contributed by atoms with Gasteiger partial charge in [-0.25, -0.2) is 13.6 Å². The number of fused-ring (bicyclic) bond motifs is 8. The summed E-state index contributed by atoms with van der Waals surface area (Å²) in [5, 5.41) is 2.43. The van der Waals surface area contributed by atoms with E-state index in [-0.39, 0.29) is 46.2 Å². The van der Waals surface area contributed by atoms with Gasteiger partial charge in [0.25, 0.3) is 0 Å². The van der Waals surface area contributed by atoms with Crippen molar-refractivity contribution in [2.45, 2.75) is 170 Å². The van der Waals surface area contributed by atoms with Crippen molar-refractivity contribution in [3.8, 4) is 5.69 Å². The molecule has 0 spiro atoms. The Morgan fingerprint density at radius 2 is 0.821 bits per heavy atom. The summed E-state index contributed by atoms with van der Waals surface area (Å²) >= 11 is 0. The van der Waals surface area contributed by atoms with E-state index in [4.69, 9.17) is 0 Å². The molecule has 2 aliphatic heterocycles. The second-order valence-corrected chi connectivity index (χ2v) is 24.9. The summed E-state index contributed by atoms with van der Waals surface area (Å²) in [6, 6.07) is 28.8. The Morgan fingerprint density at radius 3 is 1.15 bits per heavy atom. The van der Waals surface area contributed by atoms with Crippen LogP contribution in [0.3, 0.4) is 0 Å². The van der Waals surface area contributed by atoms with Gasteiger partial charge in [0.2, 0.25) is 13.4 Å². The van der Waals surface area contributed by atoms with Crippen molar-refractivity contribution in [2.24, 2.45) is 0 Å². The van der Waals surface area contributed by atoms with Gasteiger partial charge in [-0.15, -0.1) is 0 Å². The molecule has 0 fully saturated rings. The fourth-order valence-corrected chi connectivity index (χ4v) is 13.8. The number of aryl methyl sites for hydroxylation is 4. The standard InChI is InChI=1S/C59H65B2N3O.C2H6/c1-32-18-16-19-33(2)47(32)60-43-26-36(55(5,6)7)27-44-51(43)64-52-49(60)37-28-39-41(58(12,13)24-22-56(39,8)9)30-45(37)62(52)54(65)63-46-31-42-40(57(10,11)23-25-59(42,14)15)29-38(46)50(53(63)64)61(44)48-34(3)20-17-21-35(48)4;1-2/h16-21,26-31H,22-25H2,1-15H3;1-2H3. The van der Waals surface area contributed by atoms with Gasteiger partial charge in [-0.2, -0.15) is 0 Å². The van der Waals surface area contributed by atoms with Crippen LogP contribution in [0, 0.1) is 27.7 Å². The molecular weight excluding hydrogens is 812 g/mol. The van der Waals surface area contributed by atoms with Gasteiger partial charge in [-0.1, -0.05) is 172 Å². The van der Waals surface area contributed by atoms with E-state index in [0.717, 1.165) is 48.0 Å². The Hall–Kier alpha value is -5.22. The lowest BCUT2D eigenvalue weighted by Gasteiger charge is -2.42. The molecule has 4 aliphatic rings. The lowest BCUT2D eigenvalue weighted by atomic mass is 9.30. The van der Waals surface area contributed by atoms with E-state index < -0.39 is 0 Å². The minimum Gasteiger partial charge on any atom is -0.283 e. The molecule has 0 radical (unpaired) electrons. The highest BCUT2D eigenvalue weighted by Gasteiger charge is 2.48. The third-order valence-electron chi connectivity index (χ3n) is 17.8. The molecule has 4 nitrogen and oxygen atoms in total. The third-order valence-corrected chi connectivity index (χ3v) is 17.8. The molecule has 8 aromatic rings. The molecule has 5 heterocycles. The number of aromatic nitrogens is 3. The van der Waals surface area contributed by atoms with Gasteiger partial charge >= 0.3 is 5.69 Å². The van der Waals surface area contributed by atoms with Crippen LogP contribution in [-0.4, -0.2) is 26.8 Å². The highest BCUT2D eigenvalue weighted by atomic mass is 16.1. The number of hydrogen-bond acceptors (Lipinski definition) is 1. The molecule has 0 atom stereocenters. The highest BCUT2D eigenvalue weighted by Crippen LogP contribution is 2.49. The average molecular weight is 884 g/mol. The molecule has 3 aromatic heterocycles. The first-order valence-corrected chi connectivity index (χ1v) is 25.6. The summed E-state index contributed by atoms with van der Waals surface area (Å²) < 4.78 is 6.97. The first kappa shape index (κ1) is 44.3. The van der Waals surface area contributed by atoms with Crippen LogP contribution in [0.15, 0.2) is 77.6 Å². The maximum Gasteiger partial charge on any atom is 0.340 e. The number of nitrogens with zero attached hydrogens (tertiary/aromatic N) is 3. The van der Waals surface area contributed by atoms with E-state index in [2.05, 4.69) is 190 Å². The summed E-state index contributed by atoms with van der Waals surface area (Å²) in [6.07, 6.45) is 4.49. The predicted octanol–water partition coefficient (Wildman–Crippen LogP) is 10.6. The van der Waals surface area contributed by atoms with E-state index in [1.807, 2.05) is 13.8 Å². The van der Waals surface area contributed by atoms with Crippen molar-refractivity contribution in [1.82, 2.24) is 13.4 Å². The first-order chi connectivity index (χ1) is 31.4. The van der Waals surface area contributed by atoms with E-state index in [1.165, 1.54) is 99.3 Å². The molecule has 0 unspecified atom stereocenters. The zero-order valence-electron chi connectivity index (χ0n) is 43.7. The van der Waals surface area contributed by atoms with Gasteiger partial charge < -0.3 is 0 Å². The molecule has 5 aromatic carbocycles. The predicted molar refractivity (Wildman–Crippen MR) is 291 cm³/mol. The molecule has 0 saturated carbocycles. The van der Waals surface area contributed by atoms with Crippen LogP contribution in [0.25, 0.3) is 38.8 Å². The van der Waals surface area contributed by atoms with Gasteiger partial charge in [0.1, 0.15) is 11.3 Å². The topological polar surface area (TPSA) is 30.8 Å². The van der Waals surface area contributed by atoms with Crippen LogP contribution in [0.4, 0.5) is 0 Å². The first-order valence-electron chi connectivity index (χ1n) is 25.6. The van der Waals surface area contributed by atoms with Gasteiger partial charge in [0, 0.05) is 5.69 Å². The molecule has 342 valence electrons. The van der Waals surface area contributed by atoms with E-state index >= 15 is 4.79 Å². The van der Waals surface area contributed by atoms with Gasteiger partial charge in [0.15, 0.2) is 0 Å². The second kappa shape index (κ2) is 14.0. The van der Waals surface area contributed by atoms with Gasteiger partial charge in [-0.3, -0.25) is 4.57 Å². The quantitative estimate of drug-likeness (QED) is 0.159. The van der Waals surface area contributed by atoms with Crippen LogP contribution in [-0.2, 0) is 27.1 Å². The van der Waals surface area contributed by atoms with Crippen LogP contribution in [0.5, 0.6) is 0 Å². The maximum absolute atomic E-state index is 16.5. The summed E-state index contributed by atoms with van der Waals surface area (Å²) in [5.41, 5.74) is 25.4. The Kier molecular flexibility index (Phi) is 9.22. The Bertz CT molecular complexity index is 3300. The number of benzene rings is 5. The molecule has 0 saturated heterocycles. The Morgan fingerprint density at radius 1 is 0.493 bits per heavy atom. The van der Waals surface area contributed by atoms with Crippen molar-refractivity contribution < 1.29 is 0 Å². The van der Waals surface area contributed by atoms with Crippen LogP contribution in [0.1, 0.15) is 166 Å². The monoisotopic (exact) mass is 884 g/mol. The minimum absolute atomic E-state index is 0.00348. The van der Waals surface area contributed by atoms with Gasteiger partial charge in [0.05, 0.1) is 11.0 Å². The zero-order chi connectivity index (χ0) is 48.0. The second-order valence-electron chi connectivity index (χ2n) is 24.9. The fourth-order valence-electron chi connectivity index (χ4n) is 13.8. The molecule has 12 rings (SSSR count). The average Bonchev–Trinajstić information content (AvgIpc) is 3.78. The largest absolute Gasteiger partial charge is 0.340 e. The number of rotatable bonds is 2. The van der Waals surface area contributed by atoms with Gasteiger partial charge in [-0.05, 0) is 165 Å². The van der Waals surface area contributed by atoms with E-state index in [0.29, 0.717) is 0 Å². The highest BCUT2D eigenvalue weighted by molar-refractivity contribution is 7.03. The summed E-state index contributed by atoms with van der Waals surface area (Å²) in [5.74, 6) is 0. The Labute approximate surface area is 400 Å². The van der Waals surface area contributed by atoms with Crippen molar-refractivity contribution in [3.05, 3.63) is 133 Å². The number of hydrogen-bond donors (Lipinski definition) is 0. The van der Waals surface area contributed by atoms with E-state index in [1.54, 1.807) is 0 Å². The SMILES string of the molecule is CC.Cc1cccc(C)c1B1c2cc(C(C)(C)C)cc3c2-n2c4c1c1cc5c(cc1n4c(=O)n1c4cc6c(cc4c(c21)B3c1c(C)cccc1C)C(C)(C)CCC6(C)C)C(C)(C)CCC5(C)C. The molecule has 6 heteroatoms. The normalized spacial score (nSPS) is 18.2. The molecule has 67 heavy (non-hydrogen) atoms. The summed E-state index contributed by atoms with van der Waals surface area (Å²) in [6.45, 7) is 39.6. The molecule has 0 bridgehead atoms. The smallest absolute Gasteiger partial charge is 0.283 e. The van der Waals surface area contributed by atoms with Crippen LogP contribution >= 0.6 is 0 Å². The van der Waals surface area contributed by atoms with Crippen LogP contribution < -0.4 is 38.5 Å². The van der Waals surface area contributed by atoms with E-state index in [9.17, 15) is 0 Å². The third kappa shape index (κ3) is 5.77. The lowest BCUT2D eigenvalue weighted by Crippen LogP contribution is -2.65. The molecule has 2 aliphatic carbocycles. The zero-order valence-corrected chi connectivity index (χ0v) is 43.7. The van der Waals surface area contributed by atoms with Crippen molar-refractivity contribution in [2.75, 3.05) is 0 Å². The molecule has 0 amide bonds. The summed E-state index contributed by atoms with van der Waals surface area (Å²) in [4.78, 5) is 16.5. The summed E-state index contributed by atoms with van der Waals surface area (Å²) in [7, 11) is 0. The van der Waals surface area contributed by atoms with Crippen molar-refractivity contribution in [3.63, 3.8) is 0 Å². The van der Waals surface area contributed by atoms with Crippen molar-refractivity contribution >= 4 is 79.3 Å².